The molecule has 0 unspecified atom stereocenters. The maximum absolute atomic E-state index is 13.9. The van der Waals surface area contributed by atoms with E-state index in [1.54, 1.807) is 11.0 Å². The van der Waals surface area contributed by atoms with Crippen molar-refractivity contribution >= 4 is 17.8 Å². The van der Waals surface area contributed by atoms with Gasteiger partial charge in [-0.3, -0.25) is 19.3 Å². The molecule has 178 valence electrons. The van der Waals surface area contributed by atoms with Gasteiger partial charge in [-0.05, 0) is 19.3 Å². The first-order valence-corrected chi connectivity index (χ1v) is 11.5. The highest BCUT2D eigenvalue weighted by Gasteiger charge is 2.74. The summed E-state index contributed by atoms with van der Waals surface area (Å²) in [7, 11) is 0. The Labute approximate surface area is 187 Å². The van der Waals surface area contributed by atoms with Gasteiger partial charge in [0.05, 0.1) is 31.2 Å². The number of carboxylic acids is 1. The Morgan fingerprint density at radius 2 is 2.03 bits per heavy atom. The van der Waals surface area contributed by atoms with Crippen LogP contribution in [0.2, 0.25) is 0 Å². The van der Waals surface area contributed by atoms with Crippen LogP contribution < -0.4 is 0 Å². The molecule has 2 amide bonds. The van der Waals surface area contributed by atoms with E-state index in [1.165, 1.54) is 4.90 Å². The number of carboxylic acid groups (broad SMARTS) is 1. The van der Waals surface area contributed by atoms with Crippen molar-refractivity contribution in [1.82, 2.24) is 14.7 Å². The number of aliphatic hydroxyl groups excluding tert-OH is 1. The molecule has 4 saturated heterocycles. The van der Waals surface area contributed by atoms with Crippen molar-refractivity contribution in [2.45, 2.75) is 37.0 Å². The lowest BCUT2D eigenvalue weighted by Crippen LogP contribution is -2.57. The Morgan fingerprint density at radius 1 is 1.28 bits per heavy atom. The van der Waals surface area contributed by atoms with Gasteiger partial charge in [0.2, 0.25) is 11.8 Å². The zero-order chi connectivity index (χ0) is 22.9. The number of carbonyl (C=O) groups excluding carboxylic acids is 2. The zero-order valence-corrected chi connectivity index (χ0v) is 18.4. The van der Waals surface area contributed by atoms with E-state index in [9.17, 15) is 24.6 Å². The summed E-state index contributed by atoms with van der Waals surface area (Å²) in [6.07, 6.45) is 2.43. The maximum Gasteiger partial charge on any atom is 0.310 e. The summed E-state index contributed by atoms with van der Waals surface area (Å²) in [5.41, 5.74) is -1.12. The Bertz CT molecular complexity index is 756. The van der Waals surface area contributed by atoms with E-state index in [2.05, 4.69) is 11.5 Å². The average molecular weight is 452 g/mol. The number of aliphatic carboxylic acids is 1. The van der Waals surface area contributed by atoms with Crippen LogP contribution in [0.25, 0.3) is 0 Å². The summed E-state index contributed by atoms with van der Waals surface area (Å²) in [6, 6.07) is -0.884. The minimum Gasteiger partial charge on any atom is -0.481 e. The van der Waals surface area contributed by atoms with Crippen LogP contribution in [-0.4, -0.2) is 120 Å². The number of fused-ring (bicyclic) bond motifs is 1. The van der Waals surface area contributed by atoms with Gasteiger partial charge in [0.1, 0.15) is 11.6 Å². The number of nitrogens with zero attached hydrogens (tertiary/aromatic N) is 3. The molecule has 5 atom stereocenters. The number of amides is 2. The standard InChI is InChI=1S/C22H33N3O7/c1-2-6-24(9-8-23-10-13-31-14-11-23)20(28)18-22-5-4-15(32-22)16(21(29)30)17(22)19(27)25(18)7-3-12-26/h2,15-18,26H,1,3-14H2,(H,29,30)/t15-,16+,17+,18-,22+/m0/s1. The fourth-order valence-electron chi connectivity index (χ4n) is 5.90. The number of aliphatic hydroxyl groups is 1. The van der Waals surface area contributed by atoms with Crippen molar-refractivity contribution in [3.63, 3.8) is 0 Å². The Balaban J connectivity index is 1.60. The molecule has 0 aliphatic carbocycles. The number of hydrogen-bond acceptors (Lipinski definition) is 7. The van der Waals surface area contributed by atoms with Gasteiger partial charge < -0.3 is 29.5 Å². The molecule has 10 heteroatoms. The Morgan fingerprint density at radius 3 is 2.69 bits per heavy atom. The molecule has 0 aromatic carbocycles. The summed E-state index contributed by atoms with van der Waals surface area (Å²) in [6.45, 7) is 8.26. The number of morpholine rings is 1. The molecular weight excluding hydrogens is 418 g/mol. The lowest BCUT2D eigenvalue weighted by molar-refractivity contribution is -0.151. The molecule has 10 nitrogen and oxygen atoms in total. The summed E-state index contributed by atoms with van der Waals surface area (Å²) < 4.78 is 11.6. The molecule has 4 heterocycles. The molecule has 2 N–H and O–H groups in total. The zero-order valence-electron chi connectivity index (χ0n) is 18.4. The predicted octanol–water partition coefficient (Wildman–Crippen LogP) is -0.825. The fourth-order valence-corrected chi connectivity index (χ4v) is 5.90. The monoisotopic (exact) mass is 451 g/mol. The lowest BCUT2D eigenvalue weighted by atomic mass is 9.70. The second-order valence-electron chi connectivity index (χ2n) is 9.03. The molecule has 32 heavy (non-hydrogen) atoms. The van der Waals surface area contributed by atoms with E-state index >= 15 is 0 Å². The predicted molar refractivity (Wildman–Crippen MR) is 113 cm³/mol. The van der Waals surface area contributed by atoms with Gasteiger partial charge in [-0.25, -0.2) is 0 Å². The molecule has 1 spiro atoms. The van der Waals surface area contributed by atoms with E-state index in [0.29, 0.717) is 52.1 Å². The summed E-state index contributed by atoms with van der Waals surface area (Å²) in [5, 5.41) is 19.1. The van der Waals surface area contributed by atoms with E-state index in [4.69, 9.17) is 9.47 Å². The molecular formula is C22H33N3O7. The number of carbonyl (C=O) groups is 3. The second-order valence-corrected chi connectivity index (χ2v) is 9.03. The molecule has 0 aromatic heterocycles. The smallest absolute Gasteiger partial charge is 0.310 e. The largest absolute Gasteiger partial charge is 0.481 e. The highest BCUT2D eigenvalue weighted by Crippen LogP contribution is 2.58. The molecule has 0 saturated carbocycles. The van der Waals surface area contributed by atoms with Crippen molar-refractivity contribution in [1.29, 1.82) is 0 Å². The lowest BCUT2D eigenvalue weighted by Gasteiger charge is -2.37. The Hall–Kier alpha value is -2.01. The van der Waals surface area contributed by atoms with Gasteiger partial charge in [0, 0.05) is 45.9 Å². The summed E-state index contributed by atoms with van der Waals surface area (Å²) >= 11 is 0. The van der Waals surface area contributed by atoms with Crippen LogP contribution in [0.5, 0.6) is 0 Å². The Kier molecular flexibility index (Phi) is 6.85. The molecule has 4 fully saturated rings. The minimum atomic E-state index is -1.12. The van der Waals surface area contributed by atoms with Crippen LogP contribution in [0.4, 0.5) is 0 Å². The highest BCUT2D eigenvalue weighted by molar-refractivity contribution is 5.98. The van der Waals surface area contributed by atoms with Crippen LogP contribution in [0, 0.1) is 11.8 Å². The maximum atomic E-state index is 13.9. The molecule has 4 rings (SSSR count). The van der Waals surface area contributed by atoms with Gasteiger partial charge in [-0.15, -0.1) is 6.58 Å². The fraction of sp³-hybridized carbons (Fsp3) is 0.773. The van der Waals surface area contributed by atoms with Crippen molar-refractivity contribution in [3.05, 3.63) is 12.7 Å². The minimum absolute atomic E-state index is 0.123. The van der Waals surface area contributed by atoms with Crippen LogP contribution >= 0.6 is 0 Å². The number of ether oxygens (including phenoxy) is 2. The molecule has 4 aliphatic heterocycles. The van der Waals surface area contributed by atoms with Gasteiger partial charge in [0.15, 0.2) is 0 Å². The van der Waals surface area contributed by atoms with Gasteiger partial charge in [-0.1, -0.05) is 6.08 Å². The van der Waals surface area contributed by atoms with Crippen LogP contribution in [0.3, 0.4) is 0 Å². The van der Waals surface area contributed by atoms with Crippen molar-refractivity contribution < 1.29 is 34.1 Å². The van der Waals surface area contributed by atoms with Crippen molar-refractivity contribution in [2.24, 2.45) is 11.8 Å². The van der Waals surface area contributed by atoms with E-state index in [0.717, 1.165) is 13.1 Å². The van der Waals surface area contributed by atoms with Crippen molar-refractivity contribution in [3.8, 4) is 0 Å². The van der Waals surface area contributed by atoms with Gasteiger partial charge in [-0.2, -0.15) is 0 Å². The quantitative estimate of drug-likeness (QED) is 0.413. The molecule has 4 aliphatic rings. The van der Waals surface area contributed by atoms with E-state index in [1.807, 2.05) is 0 Å². The number of likely N-dealkylation sites (tertiary alicyclic amines) is 1. The normalized spacial score (nSPS) is 34.0. The van der Waals surface area contributed by atoms with Crippen LogP contribution in [0.1, 0.15) is 19.3 Å². The third-order valence-corrected chi connectivity index (χ3v) is 7.33. The summed E-state index contributed by atoms with van der Waals surface area (Å²) in [5.74, 6) is -3.44. The third kappa shape index (κ3) is 3.83. The molecule has 0 aromatic rings. The second kappa shape index (κ2) is 9.46. The van der Waals surface area contributed by atoms with E-state index in [-0.39, 0.29) is 25.0 Å². The summed E-state index contributed by atoms with van der Waals surface area (Å²) in [4.78, 5) is 44.6. The third-order valence-electron chi connectivity index (χ3n) is 7.33. The first kappa shape index (κ1) is 23.2. The topological polar surface area (TPSA) is 120 Å². The van der Waals surface area contributed by atoms with Gasteiger partial charge in [0.25, 0.3) is 0 Å². The van der Waals surface area contributed by atoms with Crippen molar-refractivity contribution in [2.75, 3.05) is 59.1 Å². The van der Waals surface area contributed by atoms with Crippen LogP contribution in [0.15, 0.2) is 12.7 Å². The first-order valence-electron chi connectivity index (χ1n) is 11.5. The molecule has 0 radical (unpaired) electrons. The van der Waals surface area contributed by atoms with E-state index < -0.39 is 35.6 Å². The molecule has 2 bridgehead atoms. The number of hydrogen-bond donors (Lipinski definition) is 2. The van der Waals surface area contributed by atoms with Crippen LogP contribution in [-0.2, 0) is 23.9 Å². The number of rotatable bonds is 10. The highest BCUT2D eigenvalue weighted by atomic mass is 16.5. The van der Waals surface area contributed by atoms with Gasteiger partial charge >= 0.3 is 5.97 Å². The average Bonchev–Trinajstić information content (AvgIpc) is 3.43. The first-order chi connectivity index (χ1) is 15.4. The SMILES string of the molecule is C=CCN(CCN1CCOCC1)C(=O)[C@@H]1N(CCCO)C(=O)[C@H]2[C@H](C(=O)O)[C@@H]3CC[C@]12O3.